The summed E-state index contributed by atoms with van der Waals surface area (Å²) in [6.45, 7) is 3.87. The molecule has 3 N–H and O–H groups in total. The molecule has 0 fully saturated rings. The number of nitrogens with zero attached hydrogens (tertiary/aromatic N) is 2. The summed E-state index contributed by atoms with van der Waals surface area (Å²) in [4.78, 5) is 0. The largest absolute Gasteiger partial charge is 0.311 e. The Labute approximate surface area is 370 Å². The molecule has 306 valence electrons. The van der Waals surface area contributed by atoms with Crippen molar-refractivity contribution in [2.24, 2.45) is 11.1 Å². The molecule has 0 amide bonds. The lowest BCUT2D eigenvalue weighted by Crippen LogP contribution is -2.47. The van der Waals surface area contributed by atoms with E-state index in [0.717, 1.165) is 41.8 Å². The van der Waals surface area contributed by atoms with E-state index in [9.17, 15) is 0 Å². The van der Waals surface area contributed by atoms with Crippen molar-refractivity contribution in [3.63, 3.8) is 0 Å². The topological polar surface area (TPSA) is 46.2 Å². The monoisotopic (exact) mass is 814 g/mol. The van der Waals surface area contributed by atoms with Gasteiger partial charge in [0.25, 0.3) is 0 Å². The van der Waals surface area contributed by atoms with Gasteiger partial charge in [0.1, 0.15) is 0 Å². The van der Waals surface area contributed by atoms with Gasteiger partial charge in [-0.3, -0.25) is 0 Å². The van der Waals surface area contributed by atoms with Gasteiger partial charge in [-0.1, -0.05) is 207 Å². The Morgan fingerprint density at radius 1 is 0.619 bits per heavy atom. The molecule has 0 aliphatic heterocycles. The van der Waals surface area contributed by atoms with E-state index in [1.807, 2.05) is 0 Å². The maximum Gasteiger partial charge on any atom is 0.0941 e. The summed E-state index contributed by atoms with van der Waals surface area (Å²) in [6, 6.07) is 73.1. The minimum absolute atomic E-state index is 0.0188. The number of rotatable bonds is 11. The third-order valence-electron chi connectivity index (χ3n) is 13.4. The first-order valence-corrected chi connectivity index (χ1v) is 22.1. The number of fused-ring (bicyclic) bond motifs is 7. The molecule has 8 aromatic carbocycles. The van der Waals surface area contributed by atoms with Gasteiger partial charge in [0.05, 0.1) is 22.6 Å². The van der Waals surface area contributed by atoms with E-state index >= 15 is 0 Å². The summed E-state index contributed by atoms with van der Waals surface area (Å²) in [5, 5.41) is 4.78. The minimum Gasteiger partial charge on any atom is -0.311 e. The molecule has 0 saturated carbocycles. The molecule has 2 atom stereocenters. The lowest BCUT2D eigenvalue weighted by molar-refractivity contribution is 0.105. The summed E-state index contributed by atoms with van der Waals surface area (Å²) in [5.74, 6) is 0. The van der Waals surface area contributed by atoms with Crippen LogP contribution in [0.1, 0.15) is 52.9 Å². The van der Waals surface area contributed by atoms with Gasteiger partial charge in [-0.15, -0.1) is 0 Å². The van der Waals surface area contributed by atoms with Gasteiger partial charge in [0.2, 0.25) is 0 Å². The minimum atomic E-state index is -0.494. The summed E-state index contributed by atoms with van der Waals surface area (Å²) in [7, 11) is 0. The number of nitrogens with one attached hydrogen (secondary N) is 1. The van der Waals surface area contributed by atoms with Crippen molar-refractivity contribution in [2.75, 3.05) is 6.54 Å². The first-order valence-electron chi connectivity index (χ1n) is 22.1. The first kappa shape index (κ1) is 38.8. The molecule has 0 spiro atoms. The molecule has 2 aliphatic carbocycles. The molecule has 0 saturated heterocycles. The third-order valence-corrected chi connectivity index (χ3v) is 13.4. The Kier molecular flexibility index (Phi) is 9.85. The second-order valence-electron chi connectivity index (χ2n) is 17.5. The summed E-state index contributed by atoms with van der Waals surface area (Å²) in [6.07, 6.45) is 9.43. The quantitative estimate of drug-likeness (QED) is 0.101. The molecule has 63 heavy (non-hydrogen) atoms. The zero-order valence-corrected chi connectivity index (χ0v) is 35.5. The number of hydrogen-bond donors (Lipinski definition) is 2. The van der Waals surface area contributed by atoms with E-state index in [4.69, 9.17) is 5.73 Å². The molecule has 1 heterocycles. The maximum absolute atomic E-state index is 7.22. The SMILES string of the molecule is CC1(CN(Cc2ccccc2)NC(N)c2cccc(-n3c4cc(-c5ccccc5)ccc4c4c5c(ccc43)C(c3ccccc3)(c3ccccc3)c3ccccc3-5)c2)C=CC=CC1. The fourth-order valence-electron chi connectivity index (χ4n) is 10.5. The summed E-state index contributed by atoms with van der Waals surface area (Å²) >= 11 is 0. The van der Waals surface area contributed by atoms with Crippen molar-refractivity contribution >= 4 is 21.8 Å². The van der Waals surface area contributed by atoms with E-state index in [1.165, 1.54) is 60.8 Å². The normalized spacial score (nSPS) is 16.7. The molecular weight excluding hydrogens is 765 g/mol. The highest BCUT2D eigenvalue weighted by atomic mass is 15.5. The van der Waals surface area contributed by atoms with Crippen LogP contribution < -0.4 is 11.2 Å². The van der Waals surface area contributed by atoms with Crippen molar-refractivity contribution < 1.29 is 0 Å². The van der Waals surface area contributed by atoms with Crippen LogP contribution in [0.15, 0.2) is 224 Å². The van der Waals surface area contributed by atoms with Crippen molar-refractivity contribution in [1.82, 2.24) is 15.0 Å². The van der Waals surface area contributed by atoms with Crippen LogP contribution in [0.5, 0.6) is 0 Å². The third kappa shape index (κ3) is 6.75. The predicted octanol–water partition coefficient (Wildman–Crippen LogP) is 13.3. The zero-order chi connectivity index (χ0) is 42.4. The van der Waals surface area contributed by atoms with E-state index in [-0.39, 0.29) is 5.41 Å². The number of hydrogen-bond acceptors (Lipinski definition) is 3. The van der Waals surface area contributed by atoms with Gasteiger partial charge < -0.3 is 10.3 Å². The van der Waals surface area contributed by atoms with Gasteiger partial charge in [-0.05, 0) is 86.3 Å². The molecule has 4 heteroatoms. The highest BCUT2D eigenvalue weighted by Crippen LogP contribution is 2.59. The molecule has 1 aromatic heterocycles. The number of hydrazine groups is 1. The van der Waals surface area contributed by atoms with Gasteiger partial charge in [0, 0.05) is 35.0 Å². The Bertz CT molecular complexity index is 3110. The van der Waals surface area contributed by atoms with Crippen LogP contribution in [0.25, 0.3) is 49.7 Å². The lowest BCUT2D eigenvalue weighted by Gasteiger charge is -2.36. The van der Waals surface area contributed by atoms with Crippen molar-refractivity contribution in [3.8, 4) is 27.9 Å². The van der Waals surface area contributed by atoms with Gasteiger partial charge >= 0.3 is 0 Å². The lowest BCUT2D eigenvalue weighted by atomic mass is 9.67. The van der Waals surface area contributed by atoms with E-state index < -0.39 is 11.6 Å². The molecule has 2 unspecified atom stereocenters. The van der Waals surface area contributed by atoms with Crippen LogP contribution in [-0.4, -0.2) is 16.1 Å². The average Bonchev–Trinajstić information content (AvgIpc) is 3.83. The van der Waals surface area contributed by atoms with Crippen molar-refractivity contribution in [2.45, 2.75) is 31.5 Å². The number of aromatic nitrogens is 1. The van der Waals surface area contributed by atoms with Crippen LogP contribution in [0.2, 0.25) is 0 Å². The van der Waals surface area contributed by atoms with Crippen molar-refractivity contribution in [3.05, 3.63) is 258 Å². The van der Waals surface area contributed by atoms with Crippen LogP contribution in [0.4, 0.5) is 0 Å². The van der Waals surface area contributed by atoms with Gasteiger partial charge in [-0.25, -0.2) is 10.4 Å². The fraction of sp³-hybridized carbons (Fsp3) is 0.119. The second kappa shape index (κ2) is 16.0. The Morgan fingerprint density at radius 3 is 2.02 bits per heavy atom. The van der Waals surface area contributed by atoms with Gasteiger partial charge in [-0.2, -0.15) is 0 Å². The standard InChI is InChI=1S/C59H50N4/c1-58(36-17-6-18-37-58)41-62(40-42-20-7-2-8-21-42)61-57(60)45-24-19-29-48(38-45)63-53-35-34-52-55(56(53)50-33-32-44(39-54(50)63)43-22-9-3-10-23-43)49-30-15-16-31-51(49)59(52,46-25-11-4-12-26-46)47-27-13-5-14-28-47/h2-36,38-39,57,61H,37,40-41,60H2,1H3. The number of benzene rings is 8. The fourth-order valence-corrected chi connectivity index (χ4v) is 10.5. The highest BCUT2D eigenvalue weighted by molar-refractivity contribution is 6.19. The van der Waals surface area contributed by atoms with Crippen molar-refractivity contribution in [1.29, 1.82) is 0 Å². The van der Waals surface area contributed by atoms with Crippen LogP contribution in [-0.2, 0) is 12.0 Å². The Morgan fingerprint density at radius 2 is 1.30 bits per heavy atom. The zero-order valence-electron chi connectivity index (χ0n) is 35.5. The van der Waals surface area contributed by atoms with E-state index in [0.29, 0.717) is 0 Å². The molecule has 4 nitrogen and oxygen atoms in total. The van der Waals surface area contributed by atoms with Gasteiger partial charge in [0.15, 0.2) is 0 Å². The predicted molar refractivity (Wildman–Crippen MR) is 261 cm³/mol. The van der Waals surface area contributed by atoms with E-state index in [2.05, 4.69) is 246 Å². The molecular formula is C59H50N4. The number of allylic oxidation sites excluding steroid dienone is 3. The van der Waals surface area contributed by atoms with Crippen LogP contribution in [0.3, 0.4) is 0 Å². The maximum atomic E-state index is 7.22. The van der Waals surface area contributed by atoms with E-state index in [1.54, 1.807) is 0 Å². The van der Waals surface area contributed by atoms with Crippen LogP contribution >= 0.6 is 0 Å². The molecule has 11 rings (SSSR count). The first-order chi connectivity index (χ1) is 31.0. The smallest absolute Gasteiger partial charge is 0.0941 e. The molecule has 2 aliphatic rings. The highest BCUT2D eigenvalue weighted by Gasteiger charge is 2.47. The van der Waals surface area contributed by atoms with Crippen LogP contribution in [0, 0.1) is 5.41 Å². The Balaban J connectivity index is 1.10. The summed E-state index contributed by atoms with van der Waals surface area (Å²) < 4.78 is 2.46. The molecule has 0 radical (unpaired) electrons. The Hall–Kier alpha value is -7.08. The molecule has 9 aromatic rings. The number of nitrogens with two attached hydrogens (primary N) is 1. The second-order valence-corrected chi connectivity index (χ2v) is 17.5. The average molecular weight is 815 g/mol. The molecule has 0 bridgehead atoms. The summed E-state index contributed by atoms with van der Waals surface area (Å²) in [5.41, 5.74) is 26.2.